The molecule has 4 aromatic rings. The lowest BCUT2D eigenvalue weighted by atomic mass is 10.1. The Balaban J connectivity index is 1.86. The lowest BCUT2D eigenvalue weighted by Crippen LogP contribution is -2.11. The van der Waals surface area contributed by atoms with Crippen LogP contribution in [0.1, 0.15) is 18.5 Å². The maximum Gasteiger partial charge on any atom is 0.348 e. The van der Waals surface area contributed by atoms with Gasteiger partial charge in [0, 0.05) is 0 Å². The number of anilines is 3. The lowest BCUT2D eigenvalue weighted by molar-refractivity contribution is -0.422. The van der Waals surface area contributed by atoms with Crippen LogP contribution in [0.15, 0.2) is 66.7 Å². The first-order valence-electron chi connectivity index (χ1n) is 10.2. The molecule has 0 fully saturated rings. The summed E-state index contributed by atoms with van der Waals surface area (Å²) in [6.07, 6.45) is 0. The molecule has 0 spiro atoms. The van der Waals surface area contributed by atoms with Crippen LogP contribution in [0.25, 0.3) is 11.0 Å². The molecule has 0 aliphatic carbocycles. The minimum Gasteiger partial charge on any atom is -0.495 e. The van der Waals surface area contributed by atoms with E-state index in [2.05, 4.69) is 20.6 Å². The van der Waals surface area contributed by atoms with Gasteiger partial charge in [0.2, 0.25) is 0 Å². The van der Waals surface area contributed by atoms with Gasteiger partial charge in [-0.25, -0.2) is 9.97 Å². The van der Waals surface area contributed by atoms with Crippen molar-refractivity contribution in [2.75, 3.05) is 17.7 Å². The molecule has 1 aromatic heterocycles. The van der Waals surface area contributed by atoms with Crippen LogP contribution in [0.4, 0.5) is 28.7 Å². The molecule has 3 aromatic carbocycles. The quantitative estimate of drug-likeness (QED) is 0.262. The Bertz CT molecular complexity index is 1380. The van der Waals surface area contributed by atoms with Gasteiger partial charge >= 0.3 is 11.4 Å². The molecule has 0 aliphatic heterocycles. The van der Waals surface area contributed by atoms with E-state index >= 15 is 0 Å². The van der Waals surface area contributed by atoms with Gasteiger partial charge in [-0.3, -0.25) is 20.2 Å². The molecule has 4 rings (SSSR count). The Morgan fingerprint density at radius 3 is 2.00 bits per heavy atom. The van der Waals surface area contributed by atoms with Crippen molar-refractivity contribution in [2.45, 2.75) is 13.0 Å². The van der Waals surface area contributed by atoms with E-state index in [1.165, 1.54) is 7.11 Å². The number of ether oxygens (including phenoxy) is 1. The Kier molecular flexibility index (Phi) is 6.17. The molecular formula is C23H20N6O5. The Hall–Kier alpha value is -4.80. The van der Waals surface area contributed by atoms with E-state index in [0.29, 0.717) is 17.3 Å². The number of nitrogens with zero attached hydrogens (tertiary/aromatic N) is 4. The summed E-state index contributed by atoms with van der Waals surface area (Å²) in [6.45, 7) is 1.94. The number of para-hydroxylation sites is 2. The predicted octanol–water partition coefficient (Wildman–Crippen LogP) is 5.37. The Labute approximate surface area is 193 Å². The van der Waals surface area contributed by atoms with Crippen LogP contribution in [0.3, 0.4) is 0 Å². The maximum absolute atomic E-state index is 11.4. The van der Waals surface area contributed by atoms with Crippen molar-refractivity contribution in [1.29, 1.82) is 0 Å². The van der Waals surface area contributed by atoms with Gasteiger partial charge in [-0.05, 0) is 24.6 Å². The number of benzene rings is 3. The van der Waals surface area contributed by atoms with Gasteiger partial charge in [0.25, 0.3) is 0 Å². The Morgan fingerprint density at radius 2 is 1.41 bits per heavy atom. The number of nitro benzene ring substituents is 2. The molecule has 11 nitrogen and oxygen atoms in total. The summed E-state index contributed by atoms with van der Waals surface area (Å²) in [5, 5.41) is 29.3. The summed E-state index contributed by atoms with van der Waals surface area (Å²) >= 11 is 0. The highest BCUT2D eigenvalue weighted by Gasteiger charge is 2.27. The number of nitro groups is 2. The van der Waals surface area contributed by atoms with Gasteiger partial charge in [0.1, 0.15) is 5.75 Å². The van der Waals surface area contributed by atoms with Crippen molar-refractivity contribution in [1.82, 2.24) is 9.97 Å². The number of hydrogen-bond acceptors (Lipinski definition) is 9. The van der Waals surface area contributed by atoms with Crippen LogP contribution < -0.4 is 15.4 Å². The van der Waals surface area contributed by atoms with E-state index in [1.54, 1.807) is 12.1 Å². The molecule has 1 heterocycles. The second kappa shape index (κ2) is 9.36. The molecule has 172 valence electrons. The first-order valence-corrected chi connectivity index (χ1v) is 10.2. The highest BCUT2D eigenvalue weighted by Crippen LogP contribution is 2.35. The largest absolute Gasteiger partial charge is 0.495 e. The molecule has 1 atom stereocenters. The summed E-state index contributed by atoms with van der Waals surface area (Å²) in [5.41, 5.74) is 0.554. The van der Waals surface area contributed by atoms with E-state index in [0.717, 1.165) is 17.7 Å². The molecule has 0 radical (unpaired) electrons. The third-order valence-corrected chi connectivity index (χ3v) is 5.17. The minimum atomic E-state index is -0.809. The molecule has 0 aliphatic rings. The topological polar surface area (TPSA) is 145 Å². The summed E-state index contributed by atoms with van der Waals surface area (Å²) in [6, 6.07) is 18.8. The van der Waals surface area contributed by atoms with Crippen molar-refractivity contribution in [3.8, 4) is 5.75 Å². The molecule has 0 amide bonds. The summed E-state index contributed by atoms with van der Waals surface area (Å²) in [5.74, 6) is 1.15. The van der Waals surface area contributed by atoms with E-state index in [4.69, 9.17) is 4.74 Å². The number of methoxy groups -OCH3 is 1. The van der Waals surface area contributed by atoms with Crippen LogP contribution >= 0.6 is 0 Å². The van der Waals surface area contributed by atoms with Crippen LogP contribution in [0, 0.1) is 20.2 Å². The lowest BCUT2D eigenvalue weighted by Gasteiger charge is -2.19. The van der Waals surface area contributed by atoms with Gasteiger partial charge < -0.3 is 15.4 Å². The average molecular weight is 460 g/mol. The maximum atomic E-state index is 11.4. The van der Waals surface area contributed by atoms with Crippen LogP contribution in [0.5, 0.6) is 5.75 Å². The first kappa shape index (κ1) is 22.4. The van der Waals surface area contributed by atoms with Crippen LogP contribution in [-0.4, -0.2) is 26.9 Å². The van der Waals surface area contributed by atoms with Crippen molar-refractivity contribution in [3.63, 3.8) is 0 Å². The molecule has 0 saturated heterocycles. The molecule has 2 N–H and O–H groups in total. The smallest absolute Gasteiger partial charge is 0.348 e. The molecule has 34 heavy (non-hydrogen) atoms. The van der Waals surface area contributed by atoms with Crippen molar-refractivity contribution in [3.05, 3.63) is 92.5 Å². The van der Waals surface area contributed by atoms with Gasteiger partial charge in [-0.1, -0.05) is 42.5 Å². The third kappa shape index (κ3) is 4.53. The number of hydrogen-bond donors (Lipinski definition) is 2. The van der Waals surface area contributed by atoms with E-state index in [1.807, 2.05) is 49.4 Å². The van der Waals surface area contributed by atoms with Crippen molar-refractivity contribution < 1.29 is 14.6 Å². The number of fused-ring (bicyclic) bond motifs is 1. The number of rotatable bonds is 8. The monoisotopic (exact) mass is 460 g/mol. The fraction of sp³-hybridized carbons (Fsp3) is 0.130. The zero-order chi connectivity index (χ0) is 24.2. The van der Waals surface area contributed by atoms with Gasteiger partial charge in [-0.15, -0.1) is 0 Å². The van der Waals surface area contributed by atoms with Gasteiger partial charge in [0.15, 0.2) is 11.6 Å². The van der Waals surface area contributed by atoms with Crippen LogP contribution in [-0.2, 0) is 0 Å². The van der Waals surface area contributed by atoms with E-state index < -0.39 is 21.2 Å². The summed E-state index contributed by atoms with van der Waals surface area (Å²) in [7, 11) is 1.53. The minimum absolute atomic E-state index is 0.132. The molecule has 0 bridgehead atoms. The fourth-order valence-electron chi connectivity index (χ4n) is 3.47. The van der Waals surface area contributed by atoms with E-state index in [9.17, 15) is 20.2 Å². The van der Waals surface area contributed by atoms with E-state index in [-0.39, 0.29) is 22.9 Å². The summed E-state index contributed by atoms with van der Waals surface area (Å²) < 4.78 is 5.39. The Morgan fingerprint density at radius 1 is 0.853 bits per heavy atom. The summed E-state index contributed by atoms with van der Waals surface area (Å²) in [4.78, 5) is 30.2. The molecule has 0 unspecified atom stereocenters. The van der Waals surface area contributed by atoms with Crippen LogP contribution in [0.2, 0.25) is 0 Å². The SMILES string of the molecule is COc1ccccc1Nc1nc2cc([N+](=O)[O-])c([N+](=O)[O-])cc2nc1N[C@@H](C)c1ccccc1. The standard InChI is InChI=1S/C23H20N6O5/c1-14(15-8-4-3-5-9-15)24-22-23(25-16-10-6-7-11-21(16)34-2)27-18-13-20(29(32)33)19(28(30)31)12-17(18)26-22/h3-14H,1-2H3,(H,24,26)(H,25,27)/t14-/m0/s1. The second-order valence-corrected chi connectivity index (χ2v) is 7.37. The number of aromatic nitrogens is 2. The van der Waals surface area contributed by atoms with Gasteiger partial charge in [-0.2, -0.15) is 0 Å². The van der Waals surface area contributed by atoms with Gasteiger partial charge in [0.05, 0.1) is 51.9 Å². The first-order chi connectivity index (χ1) is 16.4. The zero-order valence-corrected chi connectivity index (χ0v) is 18.3. The molecule has 11 heteroatoms. The zero-order valence-electron chi connectivity index (χ0n) is 18.3. The third-order valence-electron chi connectivity index (χ3n) is 5.17. The normalized spacial score (nSPS) is 11.6. The second-order valence-electron chi connectivity index (χ2n) is 7.37. The predicted molar refractivity (Wildman–Crippen MR) is 128 cm³/mol. The molecule has 0 saturated carbocycles. The highest BCUT2D eigenvalue weighted by atomic mass is 16.6. The number of nitrogens with one attached hydrogen (secondary N) is 2. The molecular weight excluding hydrogens is 440 g/mol. The fourth-order valence-corrected chi connectivity index (χ4v) is 3.47. The average Bonchev–Trinajstić information content (AvgIpc) is 2.84. The van der Waals surface area contributed by atoms with Crippen molar-refractivity contribution in [2.24, 2.45) is 0 Å². The van der Waals surface area contributed by atoms with Crippen molar-refractivity contribution >= 4 is 39.7 Å². The highest BCUT2D eigenvalue weighted by molar-refractivity contribution is 5.87.